The summed E-state index contributed by atoms with van der Waals surface area (Å²) >= 11 is 9.00. The molecule has 32 heavy (non-hydrogen) atoms. The van der Waals surface area contributed by atoms with Gasteiger partial charge in [0.25, 0.3) is 5.91 Å². The number of anilines is 2. The molecule has 2 aromatic rings. The van der Waals surface area contributed by atoms with Crippen LogP contribution in [0.25, 0.3) is 0 Å². The summed E-state index contributed by atoms with van der Waals surface area (Å²) in [7, 11) is -0.335. The fraction of sp³-hybridized carbons (Fsp3) is 0.263. The maximum atomic E-state index is 13.1. The number of carbonyl (C=O) groups excluding carboxylic acids is 1. The van der Waals surface area contributed by atoms with E-state index in [-0.39, 0.29) is 5.69 Å². The normalized spacial score (nSPS) is 12.1. The van der Waals surface area contributed by atoms with Gasteiger partial charge >= 0.3 is 6.18 Å². The van der Waals surface area contributed by atoms with E-state index in [4.69, 9.17) is 11.6 Å². The van der Waals surface area contributed by atoms with E-state index in [1.54, 1.807) is 12.1 Å². The highest BCUT2D eigenvalue weighted by Crippen LogP contribution is 2.37. The molecule has 2 aromatic carbocycles. The molecule has 1 N–H and O–H groups in total. The van der Waals surface area contributed by atoms with Crippen molar-refractivity contribution in [3.8, 4) is 0 Å². The second-order valence-electron chi connectivity index (χ2n) is 6.83. The van der Waals surface area contributed by atoms with E-state index in [1.807, 2.05) is 25.1 Å². The molecule has 0 saturated heterocycles. The minimum absolute atomic E-state index is 0.355. The average molecular weight is 556 g/mol. The summed E-state index contributed by atoms with van der Waals surface area (Å²) in [6.07, 6.45) is -2.68. The molecule has 7 nitrogen and oxygen atoms in total. The van der Waals surface area contributed by atoms with Crippen molar-refractivity contribution >= 4 is 61.1 Å². The number of nitrogens with zero attached hydrogens (tertiary/aromatic N) is 3. The molecule has 0 atom stereocenters. The predicted octanol–water partition coefficient (Wildman–Crippen LogP) is 4.10. The van der Waals surface area contributed by atoms with Gasteiger partial charge in [0.05, 0.1) is 34.4 Å². The molecule has 2 rings (SSSR count). The number of amides is 1. The quantitative estimate of drug-likeness (QED) is 0.412. The molecule has 0 bridgehead atoms. The van der Waals surface area contributed by atoms with Crippen molar-refractivity contribution in [1.82, 2.24) is 5.43 Å². The maximum absolute atomic E-state index is 13.1. The Labute approximate surface area is 197 Å². The van der Waals surface area contributed by atoms with Crippen LogP contribution in [-0.2, 0) is 21.0 Å². The summed E-state index contributed by atoms with van der Waals surface area (Å²) in [6, 6.07) is 7.93. The van der Waals surface area contributed by atoms with E-state index in [0.717, 1.165) is 28.5 Å². The van der Waals surface area contributed by atoms with Crippen molar-refractivity contribution < 1.29 is 26.4 Å². The molecule has 1 amide bonds. The Morgan fingerprint density at radius 1 is 1.22 bits per heavy atom. The van der Waals surface area contributed by atoms with E-state index in [0.29, 0.717) is 15.9 Å². The third-order valence-electron chi connectivity index (χ3n) is 4.09. The Morgan fingerprint density at radius 3 is 2.41 bits per heavy atom. The molecule has 0 heterocycles. The Kier molecular flexibility index (Phi) is 8.18. The zero-order valence-corrected chi connectivity index (χ0v) is 20.3. The lowest BCUT2D eigenvalue weighted by Crippen LogP contribution is -2.39. The molecule has 0 unspecified atom stereocenters. The van der Waals surface area contributed by atoms with Crippen LogP contribution in [0.15, 0.2) is 46.0 Å². The molecule has 174 valence electrons. The first-order valence-electron chi connectivity index (χ1n) is 8.83. The summed E-state index contributed by atoms with van der Waals surface area (Å²) in [5.74, 6) is -0.848. The first kappa shape index (κ1) is 25.9. The summed E-state index contributed by atoms with van der Waals surface area (Å²) < 4.78 is 64.9. The van der Waals surface area contributed by atoms with Gasteiger partial charge in [-0.3, -0.25) is 9.10 Å². The van der Waals surface area contributed by atoms with E-state index in [9.17, 15) is 26.4 Å². The molecule has 0 radical (unpaired) electrons. The molecule has 0 aromatic heterocycles. The van der Waals surface area contributed by atoms with Crippen molar-refractivity contribution in [2.45, 2.75) is 6.18 Å². The fourth-order valence-electron chi connectivity index (χ4n) is 2.60. The summed E-state index contributed by atoms with van der Waals surface area (Å²) in [5.41, 5.74) is 2.17. The van der Waals surface area contributed by atoms with E-state index < -0.39 is 39.2 Å². The van der Waals surface area contributed by atoms with Crippen LogP contribution in [0.5, 0.6) is 0 Å². The molecule has 0 spiro atoms. The van der Waals surface area contributed by atoms with Crippen molar-refractivity contribution in [3.05, 3.63) is 57.0 Å². The van der Waals surface area contributed by atoms with Crippen LogP contribution in [0.2, 0.25) is 5.02 Å². The van der Waals surface area contributed by atoms with Crippen LogP contribution in [0, 0.1) is 0 Å². The highest BCUT2D eigenvalue weighted by Gasteiger charge is 2.34. The second-order valence-corrected chi connectivity index (χ2v) is 10.00. The van der Waals surface area contributed by atoms with Crippen molar-refractivity contribution in [3.63, 3.8) is 0 Å². The van der Waals surface area contributed by atoms with Crippen molar-refractivity contribution in [2.75, 3.05) is 36.1 Å². The topological polar surface area (TPSA) is 82.1 Å². The standard InChI is InChI=1S/C19H19BrClF3N4O3S/c1-27(2)17-7-4-12(8-15(17)20)10-25-26-18(29)11-28(32(3,30)31)13-5-6-16(21)14(9-13)19(22,23)24/h4-10H,11H2,1-3H3,(H,26,29)/b25-10-. The van der Waals surface area contributed by atoms with Gasteiger partial charge in [-0.15, -0.1) is 0 Å². The SMILES string of the molecule is CN(C)c1ccc(/C=N\NC(=O)CN(c2ccc(Cl)c(C(F)(F)F)c2)S(C)(=O)=O)cc1Br. The maximum Gasteiger partial charge on any atom is 0.417 e. The lowest BCUT2D eigenvalue weighted by atomic mass is 10.2. The number of halogens is 5. The Bertz CT molecular complexity index is 1140. The van der Waals surface area contributed by atoms with Gasteiger partial charge in [-0.2, -0.15) is 18.3 Å². The molecule has 0 saturated carbocycles. The molecule has 13 heteroatoms. The highest BCUT2D eigenvalue weighted by molar-refractivity contribution is 9.10. The third kappa shape index (κ3) is 6.84. The smallest absolute Gasteiger partial charge is 0.377 e. The molecular weight excluding hydrogens is 537 g/mol. The van der Waals surface area contributed by atoms with Crippen LogP contribution in [0.3, 0.4) is 0 Å². The van der Waals surface area contributed by atoms with Gasteiger partial charge in [0, 0.05) is 18.6 Å². The number of hydrogen-bond acceptors (Lipinski definition) is 5. The zero-order chi connectivity index (χ0) is 24.3. The first-order chi connectivity index (χ1) is 14.7. The Balaban J connectivity index is 2.18. The Morgan fingerprint density at radius 2 is 1.88 bits per heavy atom. The van der Waals surface area contributed by atoms with E-state index >= 15 is 0 Å². The fourth-order valence-corrected chi connectivity index (χ4v) is 4.42. The number of rotatable bonds is 7. The molecular formula is C19H19BrClF3N4O3S. The first-order valence-corrected chi connectivity index (χ1v) is 11.9. The van der Waals surface area contributed by atoms with Gasteiger partial charge in [0.2, 0.25) is 10.0 Å². The van der Waals surface area contributed by atoms with Gasteiger partial charge < -0.3 is 4.90 Å². The zero-order valence-electron chi connectivity index (χ0n) is 17.1. The number of hydrogen-bond donors (Lipinski definition) is 1. The number of carbonyl (C=O) groups is 1. The lowest BCUT2D eigenvalue weighted by molar-refractivity contribution is -0.137. The van der Waals surface area contributed by atoms with Crippen LogP contribution in [0.1, 0.15) is 11.1 Å². The molecule has 0 aliphatic rings. The molecule has 0 aliphatic carbocycles. The number of alkyl halides is 3. The molecule has 0 aliphatic heterocycles. The average Bonchev–Trinajstić information content (AvgIpc) is 2.64. The van der Waals surface area contributed by atoms with Crippen molar-refractivity contribution in [2.24, 2.45) is 5.10 Å². The minimum Gasteiger partial charge on any atom is -0.377 e. The lowest BCUT2D eigenvalue weighted by Gasteiger charge is -2.22. The number of sulfonamides is 1. The van der Waals surface area contributed by atoms with Crippen molar-refractivity contribution in [1.29, 1.82) is 0 Å². The van der Waals surface area contributed by atoms with Gasteiger partial charge in [0.15, 0.2) is 0 Å². The molecule has 0 fully saturated rings. The largest absolute Gasteiger partial charge is 0.417 e. The third-order valence-corrected chi connectivity index (χ3v) is 6.19. The predicted molar refractivity (Wildman–Crippen MR) is 123 cm³/mol. The van der Waals surface area contributed by atoms with Gasteiger partial charge in [-0.25, -0.2) is 13.8 Å². The second kappa shape index (κ2) is 10.1. The van der Waals surface area contributed by atoms with Gasteiger partial charge in [0.1, 0.15) is 6.54 Å². The summed E-state index contributed by atoms with van der Waals surface area (Å²) in [4.78, 5) is 14.1. The van der Waals surface area contributed by atoms with Gasteiger partial charge in [-0.1, -0.05) is 17.7 Å². The van der Waals surface area contributed by atoms with E-state index in [1.165, 1.54) is 6.21 Å². The Hall–Kier alpha value is -2.31. The van der Waals surface area contributed by atoms with E-state index in [2.05, 4.69) is 26.5 Å². The van der Waals surface area contributed by atoms with Gasteiger partial charge in [-0.05, 0) is 51.8 Å². The highest BCUT2D eigenvalue weighted by atomic mass is 79.9. The number of hydrazone groups is 1. The van der Waals surface area contributed by atoms with Crippen LogP contribution >= 0.6 is 27.5 Å². The van der Waals surface area contributed by atoms with Crippen LogP contribution in [0.4, 0.5) is 24.5 Å². The minimum atomic E-state index is -4.79. The monoisotopic (exact) mass is 554 g/mol. The van der Waals surface area contributed by atoms with Crippen LogP contribution < -0.4 is 14.6 Å². The van der Waals surface area contributed by atoms with Crippen LogP contribution in [-0.4, -0.2) is 47.4 Å². The summed E-state index contributed by atoms with van der Waals surface area (Å²) in [6.45, 7) is -0.779. The number of nitrogens with one attached hydrogen (secondary N) is 1. The summed E-state index contributed by atoms with van der Waals surface area (Å²) in [5, 5.41) is 3.19. The number of benzene rings is 2.